The van der Waals surface area contributed by atoms with Gasteiger partial charge in [-0.1, -0.05) is 11.6 Å². The summed E-state index contributed by atoms with van der Waals surface area (Å²) in [7, 11) is 0. The molecule has 1 aromatic heterocycles. The molecule has 0 unspecified atom stereocenters. The van der Waals surface area contributed by atoms with Crippen molar-refractivity contribution in [2.45, 2.75) is 26.8 Å². The standard InChI is InChI=1S/C16H18ClN3O5/c1-11-16(20(22)23)12(2)19(18-11)10-15(21)25-9-3-8-24-14-6-4-13(17)5-7-14/h4-7H,3,8-10H2,1-2H3. The lowest BCUT2D eigenvalue weighted by Crippen LogP contribution is -2.17. The smallest absolute Gasteiger partial charge is 0.327 e. The molecule has 25 heavy (non-hydrogen) atoms. The summed E-state index contributed by atoms with van der Waals surface area (Å²) in [5, 5.41) is 15.6. The van der Waals surface area contributed by atoms with E-state index in [1.165, 1.54) is 11.6 Å². The Morgan fingerprint density at radius 1 is 1.28 bits per heavy atom. The zero-order chi connectivity index (χ0) is 18.4. The van der Waals surface area contributed by atoms with Gasteiger partial charge in [-0.05, 0) is 38.1 Å². The molecule has 1 aromatic carbocycles. The van der Waals surface area contributed by atoms with Gasteiger partial charge in [-0.2, -0.15) is 5.10 Å². The van der Waals surface area contributed by atoms with Gasteiger partial charge < -0.3 is 9.47 Å². The number of rotatable bonds is 8. The van der Waals surface area contributed by atoms with Gasteiger partial charge in [0, 0.05) is 11.4 Å². The van der Waals surface area contributed by atoms with E-state index < -0.39 is 10.9 Å². The van der Waals surface area contributed by atoms with Gasteiger partial charge in [-0.25, -0.2) is 0 Å². The van der Waals surface area contributed by atoms with Crippen molar-refractivity contribution < 1.29 is 19.2 Å². The number of benzene rings is 1. The summed E-state index contributed by atoms with van der Waals surface area (Å²) >= 11 is 5.78. The first-order chi connectivity index (χ1) is 11.9. The zero-order valence-corrected chi connectivity index (χ0v) is 14.7. The average molecular weight is 368 g/mol. The molecule has 2 rings (SSSR count). The van der Waals surface area contributed by atoms with Crippen LogP contribution in [0.3, 0.4) is 0 Å². The molecule has 0 aliphatic rings. The number of hydrogen-bond donors (Lipinski definition) is 0. The van der Waals surface area contributed by atoms with Gasteiger partial charge in [0.2, 0.25) is 0 Å². The van der Waals surface area contributed by atoms with E-state index in [1.54, 1.807) is 31.2 Å². The molecule has 0 bridgehead atoms. The predicted molar refractivity (Wildman–Crippen MR) is 90.9 cm³/mol. The number of halogens is 1. The Kier molecular flexibility index (Phi) is 6.35. The van der Waals surface area contributed by atoms with Crippen molar-refractivity contribution in [3.63, 3.8) is 0 Å². The van der Waals surface area contributed by atoms with Gasteiger partial charge in [0.1, 0.15) is 23.7 Å². The molecule has 134 valence electrons. The van der Waals surface area contributed by atoms with Gasteiger partial charge in [-0.15, -0.1) is 0 Å². The van der Waals surface area contributed by atoms with Gasteiger partial charge in [0.25, 0.3) is 0 Å². The van der Waals surface area contributed by atoms with Crippen molar-refractivity contribution in [2.75, 3.05) is 13.2 Å². The second-order valence-electron chi connectivity index (χ2n) is 5.31. The van der Waals surface area contributed by atoms with E-state index in [0.29, 0.717) is 29.5 Å². The van der Waals surface area contributed by atoms with Crippen molar-refractivity contribution in [3.05, 3.63) is 50.8 Å². The van der Waals surface area contributed by atoms with Crippen LogP contribution in [0.4, 0.5) is 5.69 Å². The van der Waals surface area contributed by atoms with Crippen LogP contribution in [0.1, 0.15) is 17.8 Å². The maximum Gasteiger partial charge on any atom is 0.327 e. The molecular weight excluding hydrogens is 350 g/mol. The van der Waals surface area contributed by atoms with Crippen LogP contribution in [0.15, 0.2) is 24.3 Å². The summed E-state index contributed by atoms with van der Waals surface area (Å²) in [6.45, 7) is 3.49. The molecule has 1 heterocycles. The summed E-state index contributed by atoms with van der Waals surface area (Å²) < 4.78 is 11.9. The lowest BCUT2D eigenvalue weighted by Gasteiger charge is -2.08. The highest BCUT2D eigenvalue weighted by Crippen LogP contribution is 2.21. The predicted octanol–water partition coefficient (Wildman–Crippen LogP) is 3.07. The summed E-state index contributed by atoms with van der Waals surface area (Å²) in [6, 6.07) is 6.96. The molecule has 0 atom stereocenters. The van der Waals surface area contributed by atoms with E-state index in [9.17, 15) is 14.9 Å². The molecule has 0 aliphatic carbocycles. The first-order valence-corrected chi connectivity index (χ1v) is 7.98. The molecule has 2 aromatic rings. The SMILES string of the molecule is Cc1nn(CC(=O)OCCCOc2ccc(Cl)cc2)c(C)c1[N+](=O)[O-]. The lowest BCUT2D eigenvalue weighted by atomic mass is 10.3. The number of carbonyl (C=O) groups excluding carboxylic acids is 1. The average Bonchev–Trinajstić information content (AvgIpc) is 2.82. The van der Waals surface area contributed by atoms with Crippen LogP contribution in [0.25, 0.3) is 0 Å². The molecule has 0 N–H and O–H groups in total. The molecule has 0 amide bonds. The fourth-order valence-electron chi connectivity index (χ4n) is 2.24. The maximum atomic E-state index is 11.8. The minimum atomic E-state index is -0.507. The summed E-state index contributed by atoms with van der Waals surface area (Å²) in [5.74, 6) is 0.178. The Morgan fingerprint density at radius 2 is 1.96 bits per heavy atom. The zero-order valence-electron chi connectivity index (χ0n) is 13.9. The lowest BCUT2D eigenvalue weighted by molar-refractivity contribution is -0.386. The number of esters is 1. The first kappa shape index (κ1) is 18.7. The fraction of sp³-hybridized carbons (Fsp3) is 0.375. The van der Waals surface area contributed by atoms with Gasteiger partial charge >= 0.3 is 11.7 Å². The minimum Gasteiger partial charge on any atom is -0.493 e. The van der Waals surface area contributed by atoms with Crippen molar-refractivity contribution in [2.24, 2.45) is 0 Å². The number of nitrogens with zero attached hydrogens (tertiary/aromatic N) is 3. The second-order valence-corrected chi connectivity index (χ2v) is 5.75. The summed E-state index contributed by atoms with van der Waals surface area (Å²) in [6.07, 6.45) is 0.519. The van der Waals surface area contributed by atoms with E-state index in [-0.39, 0.29) is 24.5 Å². The Labute approximate surface area is 149 Å². The molecule has 8 nitrogen and oxygen atoms in total. The Bertz CT molecular complexity index is 758. The van der Waals surface area contributed by atoms with Crippen molar-refractivity contribution in [3.8, 4) is 5.75 Å². The monoisotopic (exact) mass is 367 g/mol. The van der Waals surface area contributed by atoms with Gasteiger partial charge in [0.15, 0.2) is 0 Å². The largest absolute Gasteiger partial charge is 0.493 e. The maximum absolute atomic E-state index is 11.8. The van der Waals surface area contributed by atoms with Gasteiger partial charge in [0.05, 0.1) is 18.1 Å². The number of aryl methyl sites for hydroxylation is 1. The molecule has 0 saturated heterocycles. The Hall–Kier alpha value is -2.61. The second kappa shape index (κ2) is 8.48. The quantitative estimate of drug-likeness (QED) is 0.308. The van der Waals surface area contributed by atoms with Crippen LogP contribution >= 0.6 is 11.6 Å². The molecule has 9 heteroatoms. The molecule has 0 spiro atoms. The Balaban J connectivity index is 1.73. The topological polar surface area (TPSA) is 96.5 Å². The van der Waals surface area contributed by atoms with Crippen molar-refractivity contribution >= 4 is 23.3 Å². The highest BCUT2D eigenvalue weighted by molar-refractivity contribution is 6.30. The van der Waals surface area contributed by atoms with E-state index >= 15 is 0 Å². The van der Waals surface area contributed by atoms with Crippen LogP contribution < -0.4 is 4.74 Å². The third kappa shape index (κ3) is 5.18. The van der Waals surface area contributed by atoms with Crippen molar-refractivity contribution in [1.82, 2.24) is 9.78 Å². The minimum absolute atomic E-state index is 0.0795. The molecular formula is C16H18ClN3O5. The molecule has 0 fully saturated rings. The van der Waals surface area contributed by atoms with E-state index in [4.69, 9.17) is 21.1 Å². The van der Waals surface area contributed by atoms with Crippen LogP contribution in [0.2, 0.25) is 5.02 Å². The number of hydrogen-bond acceptors (Lipinski definition) is 6. The van der Waals surface area contributed by atoms with Crippen LogP contribution in [-0.4, -0.2) is 33.9 Å². The number of ether oxygens (including phenoxy) is 2. The highest BCUT2D eigenvalue weighted by atomic mass is 35.5. The molecule has 0 radical (unpaired) electrons. The van der Waals surface area contributed by atoms with E-state index in [2.05, 4.69) is 5.10 Å². The normalized spacial score (nSPS) is 10.5. The molecule has 0 saturated carbocycles. The van der Waals surface area contributed by atoms with Gasteiger partial charge in [-0.3, -0.25) is 19.6 Å². The highest BCUT2D eigenvalue weighted by Gasteiger charge is 2.22. The third-order valence-corrected chi connectivity index (χ3v) is 3.69. The molecule has 0 aliphatic heterocycles. The summed E-state index contributed by atoms with van der Waals surface area (Å²) in [5.41, 5.74) is 0.515. The number of carbonyl (C=O) groups is 1. The fourth-order valence-corrected chi connectivity index (χ4v) is 2.37. The van der Waals surface area contributed by atoms with Crippen LogP contribution in [0, 0.1) is 24.0 Å². The van der Waals surface area contributed by atoms with Crippen LogP contribution in [0.5, 0.6) is 5.75 Å². The first-order valence-electron chi connectivity index (χ1n) is 7.61. The van der Waals surface area contributed by atoms with E-state index in [0.717, 1.165) is 0 Å². The number of nitro groups is 1. The Morgan fingerprint density at radius 3 is 2.56 bits per heavy atom. The van der Waals surface area contributed by atoms with Crippen LogP contribution in [-0.2, 0) is 16.1 Å². The number of aromatic nitrogens is 2. The third-order valence-electron chi connectivity index (χ3n) is 3.44. The van der Waals surface area contributed by atoms with E-state index in [1.807, 2.05) is 0 Å². The summed E-state index contributed by atoms with van der Waals surface area (Å²) in [4.78, 5) is 22.2. The van der Waals surface area contributed by atoms with Crippen molar-refractivity contribution in [1.29, 1.82) is 0 Å².